The molecule has 2 aliphatic heterocycles. The summed E-state index contributed by atoms with van der Waals surface area (Å²) < 4.78 is 37.4. The first-order valence-corrected chi connectivity index (χ1v) is 10.3. The molecule has 2 N–H and O–H groups in total. The van der Waals surface area contributed by atoms with Crippen molar-refractivity contribution in [3.05, 3.63) is 41.7 Å². The van der Waals surface area contributed by atoms with Gasteiger partial charge in [-0.25, -0.2) is 14.8 Å². The molecule has 8 nitrogen and oxygen atoms in total. The molecule has 3 amide bonds. The van der Waals surface area contributed by atoms with Gasteiger partial charge in [0.05, 0.1) is 11.7 Å². The average molecular weight is 448 g/mol. The van der Waals surface area contributed by atoms with Gasteiger partial charge >= 0.3 is 12.2 Å². The molecule has 0 radical (unpaired) electrons. The van der Waals surface area contributed by atoms with E-state index in [4.69, 9.17) is 0 Å². The van der Waals surface area contributed by atoms with Crippen molar-refractivity contribution in [2.45, 2.75) is 38.4 Å². The molecule has 11 heteroatoms. The summed E-state index contributed by atoms with van der Waals surface area (Å²) in [4.78, 5) is 37.4. The zero-order chi connectivity index (χ0) is 23.0. The molecule has 0 aromatic carbocycles. The molecule has 0 unspecified atom stereocenters. The standard InChI is InChI=1S/C21H23F3N6O2/c1-12(2)13-3-6-17(25-9-13)28-20(32)30-14-7-8-29(10-14)16-5-4-15(27-18(16)30)19(31)26-11-21(22,23)24/h3-6,9,12,14H,7-8,10-11H2,1-2H3,(H,26,31)(H,25,28,32)/t14-/m0/s1. The lowest BCUT2D eigenvalue weighted by molar-refractivity contribution is -0.123. The molecule has 170 valence electrons. The van der Waals surface area contributed by atoms with Gasteiger partial charge in [0.25, 0.3) is 5.91 Å². The van der Waals surface area contributed by atoms with E-state index >= 15 is 0 Å². The van der Waals surface area contributed by atoms with E-state index in [1.54, 1.807) is 18.3 Å². The monoisotopic (exact) mass is 448 g/mol. The maximum absolute atomic E-state index is 13.1. The van der Waals surface area contributed by atoms with Crippen molar-refractivity contribution < 1.29 is 22.8 Å². The van der Waals surface area contributed by atoms with Crippen molar-refractivity contribution in [2.24, 2.45) is 0 Å². The fourth-order valence-electron chi connectivity index (χ4n) is 3.86. The van der Waals surface area contributed by atoms with Crippen LogP contribution in [-0.2, 0) is 0 Å². The predicted octanol–water partition coefficient (Wildman–Crippen LogP) is 3.52. The summed E-state index contributed by atoms with van der Waals surface area (Å²) in [5, 5.41) is 4.58. The van der Waals surface area contributed by atoms with Crippen molar-refractivity contribution in [3.63, 3.8) is 0 Å². The Balaban J connectivity index is 1.58. The minimum absolute atomic E-state index is 0.168. The number of carbonyl (C=O) groups is 2. The maximum atomic E-state index is 13.1. The van der Waals surface area contributed by atoms with Gasteiger partial charge in [-0.2, -0.15) is 13.2 Å². The number of anilines is 3. The molecule has 2 aliphatic rings. The van der Waals surface area contributed by atoms with Crippen LogP contribution in [0.15, 0.2) is 30.5 Å². The highest BCUT2D eigenvalue weighted by atomic mass is 19.4. The van der Waals surface area contributed by atoms with Gasteiger partial charge in [-0.3, -0.25) is 15.0 Å². The summed E-state index contributed by atoms with van der Waals surface area (Å²) in [7, 11) is 0. The number of pyridine rings is 2. The number of nitrogens with zero attached hydrogens (tertiary/aromatic N) is 4. The lowest BCUT2D eigenvalue weighted by Crippen LogP contribution is -2.48. The fraction of sp³-hybridized carbons (Fsp3) is 0.429. The van der Waals surface area contributed by atoms with E-state index in [-0.39, 0.29) is 17.6 Å². The first-order chi connectivity index (χ1) is 15.1. The van der Waals surface area contributed by atoms with Crippen LogP contribution in [0.3, 0.4) is 0 Å². The largest absolute Gasteiger partial charge is 0.405 e. The Labute approximate surface area is 182 Å². The van der Waals surface area contributed by atoms with Gasteiger partial charge in [0.2, 0.25) is 0 Å². The maximum Gasteiger partial charge on any atom is 0.405 e. The lowest BCUT2D eigenvalue weighted by atomic mass is 10.1. The van der Waals surface area contributed by atoms with Crippen LogP contribution in [0.1, 0.15) is 42.2 Å². The molecule has 4 heterocycles. The topological polar surface area (TPSA) is 90.5 Å². The van der Waals surface area contributed by atoms with Crippen molar-refractivity contribution in [3.8, 4) is 0 Å². The van der Waals surface area contributed by atoms with Crippen LogP contribution in [0.25, 0.3) is 0 Å². The van der Waals surface area contributed by atoms with E-state index < -0.39 is 24.7 Å². The quantitative estimate of drug-likeness (QED) is 0.747. The number of hydrogen-bond acceptors (Lipinski definition) is 5. The molecule has 1 fully saturated rings. The van der Waals surface area contributed by atoms with Crippen LogP contribution < -0.4 is 20.4 Å². The van der Waals surface area contributed by atoms with Crippen LogP contribution >= 0.6 is 0 Å². The van der Waals surface area contributed by atoms with Crippen LogP contribution in [0, 0.1) is 0 Å². The lowest BCUT2D eigenvalue weighted by Gasteiger charge is -2.35. The second-order valence-corrected chi connectivity index (χ2v) is 8.16. The van der Waals surface area contributed by atoms with Gasteiger partial charge in [-0.05, 0) is 36.1 Å². The Morgan fingerprint density at radius 2 is 2.00 bits per heavy atom. The van der Waals surface area contributed by atoms with Crippen LogP contribution in [0.5, 0.6) is 0 Å². The number of alkyl halides is 3. The third kappa shape index (κ3) is 4.46. The Morgan fingerprint density at radius 1 is 1.22 bits per heavy atom. The molecule has 32 heavy (non-hydrogen) atoms. The van der Waals surface area contributed by atoms with Gasteiger partial charge in [-0.15, -0.1) is 0 Å². The van der Waals surface area contributed by atoms with E-state index in [9.17, 15) is 22.8 Å². The molecular weight excluding hydrogens is 425 g/mol. The molecule has 1 saturated heterocycles. The summed E-state index contributed by atoms with van der Waals surface area (Å²) in [6, 6.07) is 5.96. The molecule has 1 atom stereocenters. The first-order valence-electron chi connectivity index (χ1n) is 10.3. The molecular formula is C21H23F3N6O2. The van der Waals surface area contributed by atoms with Gasteiger partial charge in [0.15, 0.2) is 5.82 Å². The minimum Gasteiger partial charge on any atom is -0.366 e. The zero-order valence-electron chi connectivity index (χ0n) is 17.6. The molecule has 0 spiro atoms. The third-order valence-electron chi connectivity index (χ3n) is 5.54. The highest BCUT2D eigenvalue weighted by Gasteiger charge is 2.40. The fourth-order valence-corrected chi connectivity index (χ4v) is 3.86. The van der Waals surface area contributed by atoms with E-state index in [1.807, 2.05) is 30.1 Å². The predicted molar refractivity (Wildman–Crippen MR) is 113 cm³/mol. The van der Waals surface area contributed by atoms with Crippen LogP contribution in [-0.4, -0.2) is 53.8 Å². The smallest absolute Gasteiger partial charge is 0.366 e. The van der Waals surface area contributed by atoms with Gasteiger partial charge in [0.1, 0.15) is 18.1 Å². The molecule has 2 aromatic rings. The molecule has 2 bridgehead atoms. The number of halogens is 3. The van der Waals surface area contributed by atoms with E-state index in [0.29, 0.717) is 36.9 Å². The van der Waals surface area contributed by atoms with E-state index in [0.717, 1.165) is 5.56 Å². The number of rotatable bonds is 4. The summed E-state index contributed by atoms with van der Waals surface area (Å²) in [6.45, 7) is 3.95. The van der Waals surface area contributed by atoms with E-state index in [1.165, 1.54) is 11.0 Å². The second-order valence-electron chi connectivity index (χ2n) is 8.16. The van der Waals surface area contributed by atoms with Crippen LogP contribution in [0.2, 0.25) is 0 Å². The summed E-state index contributed by atoms with van der Waals surface area (Å²) in [5.74, 6) is -0.0312. The Morgan fingerprint density at radius 3 is 2.66 bits per heavy atom. The summed E-state index contributed by atoms with van der Waals surface area (Å²) >= 11 is 0. The SMILES string of the molecule is CC(C)c1ccc(NC(=O)N2c3nc(C(=O)NCC(F)(F)F)ccc3N3CC[C@H]2C3)nc1. The van der Waals surface area contributed by atoms with Gasteiger partial charge < -0.3 is 10.2 Å². The molecule has 0 aliphatic carbocycles. The number of urea groups is 1. The number of aromatic nitrogens is 2. The molecule has 4 rings (SSSR count). The van der Waals surface area contributed by atoms with Crippen molar-refractivity contribution in [2.75, 3.05) is 34.8 Å². The number of hydrogen-bond donors (Lipinski definition) is 2. The van der Waals surface area contributed by atoms with Gasteiger partial charge in [-0.1, -0.05) is 19.9 Å². The number of nitrogens with one attached hydrogen (secondary N) is 2. The molecule has 2 aromatic heterocycles. The Hall–Kier alpha value is -3.37. The highest BCUT2D eigenvalue weighted by Crippen LogP contribution is 2.39. The summed E-state index contributed by atoms with van der Waals surface area (Å²) in [5.41, 5.74) is 1.51. The van der Waals surface area contributed by atoms with Crippen molar-refractivity contribution in [1.29, 1.82) is 0 Å². The third-order valence-corrected chi connectivity index (χ3v) is 5.54. The number of carbonyl (C=O) groups excluding carboxylic acids is 2. The molecule has 0 saturated carbocycles. The first kappa shape index (κ1) is 21.8. The number of amides is 3. The number of fused-ring (bicyclic) bond motifs is 4. The normalized spacial score (nSPS) is 17.4. The Bertz CT molecular complexity index is 1030. The van der Waals surface area contributed by atoms with Gasteiger partial charge in [0, 0.05) is 19.3 Å². The second kappa shape index (κ2) is 8.29. The van der Waals surface area contributed by atoms with Crippen LogP contribution in [0.4, 0.5) is 35.3 Å². The zero-order valence-corrected chi connectivity index (χ0v) is 17.6. The minimum atomic E-state index is -4.53. The summed E-state index contributed by atoms with van der Waals surface area (Å²) in [6.07, 6.45) is -2.12. The average Bonchev–Trinajstić information content (AvgIpc) is 3.15. The van der Waals surface area contributed by atoms with Crippen molar-refractivity contribution >= 4 is 29.3 Å². The van der Waals surface area contributed by atoms with Crippen molar-refractivity contribution in [1.82, 2.24) is 15.3 Å². The Kier molecular flexibility index (Phi) is 5.66. The highest BCUT2D eigenvalue weighted by molar-refractivity contribution is 6.05. The van der Waals surface area contributed by atoms with E-state index in [2.05, 4.69) is 15.3 Å².